The zero-order chi connectivity index (χ0) is 15.4. The topological polar surface area (TPSA) is 53.4 Å². The fourth-order valence-corrected chi connectivity index (χ4v) is 1.98. The number of rotatable bonds is 5. The van der Waals surface area contributed by atoms with E-state index in [0.29, 0.717) is 12.3 Å². The standard InChI is InChI=1S/C15H17FN2O3/c1-10-8-11(2)18(17-10)14-5-4-12(9-13(14)16)15(19)21-7-6-20-3/h4-5,8-9H,6-7H2,1-3H3. The zero-order valence-corrected chi connectivity index (χ0v) is 12.2. The molecule has 2 aromatic rings. The molecule has 5 nitrogen and oxygen atoms in total. The number of halogens is 1. The number of hydrogen-bond donors (Lipinski definition) is 0. The van der Waals surface area contributed by atoms with Gasteiger partial charge >= 0.3 is 5.97 Å². The van der Waals surface area contributed by atoms with Gasteiger partial charge < -0.3 is 9.47 Å². The molecule has 0 aliphatic rings. The van der Waals surface area contributed by atoms with E-state index in [2.05, 4.69) is 5.10 Å². The molecule has 0 aliphatic carbocycles. The average molecular weight is 292 g/mol. The lowest BCUT2D eigenvalue weighted by atomic mass is 10.2. The van der Waals surface area contributed by atoms with Gasteiger partial charge in [0.15, 0.2) is 0 Å². The molecule has 1 heterocycles. The number of nitrogens with zero attached hydrogens (tertiary/aromatic N) is 2. The number of carbonyl (C=O) groups excluding carboxylic acids is 1. The van der Waals surface area contributed by atoms with E-state index in [4.69, 9.17) is 9.47 Å². The molecule has 0 N–H and O–H groups in total. The van der Waals surface area contributed by atoms with E-state index in [1.165, 1.54) is 23.9 Å². The van der Waals surface area contributed by atoms with Gasteiger partial charge in [-0.1, -0.05) is 0 Å². The number of aromatic nitrogens is 2. The van der Waals surface area contributed by atoms with Crippen molar-refractivity contribution < 1.29 is 18.7 Å². The van der Waals surface area contributed by atoms with E-state index in [-0.39, 0.29) is 12.2 Å². The monoisotopic (exact) mass is 292 g/mol. The van der Waals surface area contributed by atoms with Gasteiger partial charge in [-0.15, -0.1) is 0 Å². The van der Waals surface area contributed by atoms with E-state index < -0.39 is 11.8 Å². The van der Waals surface area contributed by atoms with Gasteiger partial charge in [0, 0.05) is 12.8 Å². The van der Waals surface area contributed by atoms with Crippen molar-refractivity contribution in [2.45, 2.75) is 13.8 Å². The first-order valence-electron chi connectivity index (χ1n) is 6.52. The van der Waals surface area contributed by atoms with Gasteiger partial charge in [0.1, 0.15) is 18.1 Å². The van der Waals surface area contributed by atoms with Crippen LogP contribution in [0.25, 0.3) is 5.69 Å². The van der Waals surface area contributed by atoms with Crippen molar-refractivity contribution in [1.29, 1.82) is 0 Å². The third-order valence-electron chi connectivity index (χ3n) is 2.94. The third-order valence-corrected chi connectivity index (χ3v) is 2.94. The fraction of sp³-hybridized carbons (Fsp3) is 0.333. The summed E-state index contributed by atoms with van der Waals surface area (Å²) >= 11 is 0. The normalized spacial score (nSPS) is 10.7. The molecule has 0 saturated heterocycles. The van der Waals surface area contributed by atoms with Crippen LogP contribution in [-0.4, -0.2) is 36.1 Å². The Labute approximate surface area is 122 Å². The minimum Gasteiger partial charge on any atom is -0.460 e. The van der Waals surface area contributed by atoms with Crippen LogP contribution in [0.3, 0.4) is 0 Å². The number of hydrogen-bond acceptors (Lipinski definition) is 4. The number of methoxy groups -OCH3 is 1. The maximum absolute atomic E-state index is 14.2. The van der Waals surface area contributed by atoms with Crippen LogP contribution in [0, 0.1) is 19.7 Å². The molecule has 0 radical (unpaired) electrons. The molecular weight excluding hydrogens is 275 g/mol. The molecule has 0 fully saturated rings. The van der Waals surface area contributed by atoms with Crippen LogP contribution in [0.2, 0.25) is 0 Å². The van der Waals surface area contributed by atoms with Crippen molar-refractivity contribution >= 4 is 5.97 Å². The van der Waals surface area contributed by atoms with E-state index in [9.17, 15) is 9.18 Å². The summed E-state index contributed by atoms with van der Waals surface area (Å²) < 4.78 is 25.4. The lowest BCUT2D eigenvalue weighted by Gasteiger charge is -2.08. The van der Waals surface area contributed by atoms with Crippen molar-refractivity contribution in [2.24, 2.45) is 0 Å². The predicted octanol–water partition coefficient (Wildman–Crippen LogP) is 2.43. The molecule has 1 aromatic carbocycles. The Morgan fingerprint density at radius 2 is 2.05 bits per heavy atom. The van der Waals surface area contributed by atoms with Gasteiger partial charge in [-0.3, -0.25) is 0 Å². The smallest absolute Gasteiger partial charge is 0.338 e. The van der Waals surface area contributed by atoms with Crippen LogP contribution in [0.5, 0.6) is 0 Å². The molecule has 112 valence electrons. The summed E-state index contributed by atoms with van der Waals surface area (Å²) in [7, 11) is 1.51. The molecule has 0 aliphatic heterocycles. The highest BCUT2D eigenvalue weighted by molar-refractivity contribution is 5.89. The highest BCUT2D eigenvalue weighted by Gasteiger charge is 2.13. The summed E-state index contributed by atoms with van der Waals surface area (Å²) in [4.78, 5) is 11.7. The van der Waals surface area contributed by atoms with Crippen LogP contribution in [0.1, 0.15) is 21.7 Å². The Morgan fingerprint density at radius 1 is 1.29 bits per heavy atom. The number of benzene rings is 1. The molecule has 6 heteroatoms. The van der Waals surface area contributed by atoms with Gasteiger partial charge in [-0.05, 0) is 38.1 Å². The zero-order valence-electron chi connectivity index (χ0n) is 12.2. The fourth-order valence-electron chi connectivity index (χ4n) is 1.98. The minimum atomic E-state index is -0.578. The minimum absolute atomic E-state index is 0.135. The van der Waals surface area contributed by atoms with Crippen molar-refractivity contribution in [2.75, 3.05) is 20.3 Å². The summed E-state index contributed by atoms with van der Waals surface area (Å²) in [5.74, 6) is -1.10. The maximum atomic E-state index is 14.2. The molecule has 0 bridgehead atoms. The molecule has 21 heavy (non-hydrogen) atoms. The Hall–Kier alpha value is -2.21. The van der Waals surface area contributed by atoms with Crippen molar-refractivity contribution in [1.82, 2.24) is 9.78 Å². The molecule has 0 atom stereocenters. The van der Waals surface area contributed by atoms with E-state index in [1.54, 1.807) is 0 Å². The van der Waals surface area contributed by atoms with Gasteiger partial charge in [0.2, 0.25) is 0 Å². The second kappa shape index (κ2) is 6.49. The molecule has 0 saturated carbocycles. The Morgan fingerprint density at radius 3 is 2.62 bits per heavy atom. The Balaban J connectivity index is 2.21. The highest BCUT2D eigenvalue weighted by Crippen LogP contribution is 2.18. The second-order valence-electron chi connectivity index (χ2n) is 4.63. The molecule has 2 rings (SSSR count). The lowest BCUT2D eigenvalue weighted by molar-refractivity contribution is 0.0387. The SMILES string of the molecule is COCCOC(=O)c1ccc(-n2nc(C)cc2C)c(F)c1. The van der Waals surface area contributed by atoms with Crippen molar-refractivity contribution in [3.63, 3.8) is 0 Å². The molecular formula is C15H17FN2O3. The van der Waals surface area contributed by atoms with Gasteiger partial charge in [-0.25, -0.2) is 13.9 Å². The Kier molecular flexibility index (Phi) is 4.70. The number of esters is 1. The van der Waals surface area contributed by atoms with Crippen LogP contribution < -0.4 is 0 Å². The van der Waals surface area contributed by atoms with Gasteiger partial charge in [0.05, 0.1) is 17.9 Å². The molecule has 0 spiro atoms. The first-order chi connectivity index (χ1) is 10.0. The third kappa shape index (κ3) is 3.46. The van der Waals surface area contributed by atoms with Crippen molar-refractivity contribution in [3.05, 3.63) is 47.0 Å². The van der Waals surface area contributed by atoms with E-state index >= 15 is 0 Å². The number of aryl methyl sites for hydroxylation is 2. The summed E-state index contributed by atoms with van der Waals surface area (Å²) in [5, 5.41) is 4.22. The lowest BCUT2D eigenvalue weighted by Crippen LogP contribution is -2.11. The van der Waals surface area contributed by atoms with Gasteiger partial charge in [-0.2, -0.15) is 5.10 Å². The maximum Gasteiger partial charge on any atom is 0.338 e. The van der Waals surface area contributed by atoms with Crippen molar-refractivity contribution in [3.8, 4) is 5.69 Å². The summed E-state index contributed by atoms with van der Waals surface area (Å²) in [6.07, 6.45) is 0. The van der Waals surface area contributed by atoms with Crippen LogP contribution in [0.15, 0.2) is 24.3 Å². The van der Waals surface area contributed by atoms with Crippen LogP contribution in [-0.2, 0) is 9.47 Å². The summed E-state index contributed by atoms with van der Waals surface area (Å²) in [6.45, 7) is 4.11. The van der Waals surface area contributed by atoms with Crippen LogP contribution >= 0.6 is 0 Å². The molecule has 0 unspecified atom stereocenters. The first kappa shape index (κ1) is 15.2. The second-order valence-corrected chi connectivity index (χ2v) is 4.63. The predicted molar refractivity (Wildman–Crippen MR) is 75.2 cm³/mol. The first-order valence-corrected chi connectivity index (χ1v) is 6.52. The summed E-state index contributed by atoms with van der Waals surface area (Å²) in [6, 6.07) is 6.04. The Bertz CT molecular complexity index is 652. The number of ether oxygens (including phenoxy) is 2. The largest absolute Gasteiger partial charge is 0.460 e. The summed E-state index contributed by atoms with van der Waals surface area (Å²) in [5.41, 5.74) is 2.08. The average Bonchev–Trinajstić information content (AvgIpc) is 2.77. The quantitative estimate of drug-likeness (QED) is 0.627. The molecule has 0 amide bonds. The van der Waals surface area contributed by atoms with E-state index in [1.807, 2.05) is 19.9 Å². The van der Waals surface area contributed by atoms with E-state index in [0.717, 1.165) is 17.5 Å². The molecule has 1 aromatic heterocycles. The highest BCUT2D eigenvalue weighted by atomic mass is 19.1. The van der Waals surface area contributed by atoms with Gasteiger partial charge in [0.25, 0.3) is 0 Å². The number of carbonyl (C=O) groups is 1. The van der Waals surface area contributed by atoms with Crippen LogP contribution in [0.4, 0.5) is 4.39 Å².